The van der Waals surface area contributed by atoms with E-state index in [0.29, 0.717) is 27.2 Å². The van der Waals surface area contributed by atoms with Crippen molar-refractivity contribution >= 4 is 35.2 Å². The van der Waals surface area contributed by atoms with Gasteiger partial charge in [-0.25, -0.2) is 9.78 Å². The third-order valence-electron chi connectivity index (χ3n) is 3.14. The number of nitrogens with zero attached hydrogens (tertiary/aromatic N) is 2. The Bertz CT molecular complexity index is 851. The van der Waals surface area contributed by atoms with Gasteiger partial charge in [-0.1, -0.05) is 23.2 Å². The monoisotopic (exact) mass is 392 g/mol. The zero-order chi connectivity index (χ0) is 19.1. The standard InChI is InChI=1S/C18H14Cl2N2O4/c1-11-6-14(19)17(15(20)7-11)26-5-4-25-16-3-2-12(10-22-16)8-13(9-21)18(23)24/h2-3,6-8,10H,4-5H2,1H3,(H,23,24)/b13-8+. The molecule has 0 unspecified atom stereocenters. The quantitative estimate of drug-likeness (QED) is 0.432. The van der Waals surface area contributed by atoms with Crippen molar-refractivity contribution in [3.05, 3.63) is 57.2 Å². The number of benzene rings is 1. The van der Waals surface area contributed by atoms with Crippen LogP contribution >= 0.6 is 23.2 Å². The van der Waals surface area contributed by atoms with E-state index in [1.807, 2.05) is 6.92 Å². The highest BCUT2D eigenvalue weighted by molar-refractivity contribution is 6.37. The summed E-state index contributed by atoms with van der Waals surface area (Å²) in [6.45, 7) is 2.30. The van der Waals surface area contributed by atoms with Crippen LogP contribution in [-0.2, 0) is 4.79 Å². The van der Waals surface area contributed by atoms with Crippen LogP contribution in [0.4, 0.5) is 0 Å². The summed E-state index contributed by atoms with van der Waals surface area (Å²) in [6, 6.07) is 8.27. The molecule has 6 nitrogen and oxygen atoms in total. The summed E-state index contributed by atoms with van der Waals surface area (Å²) in [6.07, 6.45) is 2.63. The Balaban J connectivity index is 1.89. The van der Waals surface area contributed by atoms with Crippen LogP contribution in [0.1, 0.15) is 11.1 Å². The van der Waals surface area contributed by atoms with E-state index in [-0.39, 0.29) is 18.8 Å². The van der Waals surface area contributed by atoms with Crippen LogP contribution in [0.3, 0.4) is 0 Å². The van der Waals surface area contributed by atoms with Crippen molar-refractivity contribution in [3.63, 3.8) is 0 Å². The molecule has 0 spiro atoms. The van der Waals surface area contributed by atoms with Crippen LogP contribution in [0.25, 0.3) is 6.08 Å². The van der Waals surface area contributed by atoms with Gasteiger partial charge in [0.05, 0.1) is 10.0 Å². The lowest BCUT2D eigenvalue weighted by Crippen LogP contribution is -2.10. The smallest absolute Gasteiger partial charge is 0.346 e. The first-order valence-electron chi connectivity index (χ1n) is 7.43. The number of ether oxygens (including phenoxy) is 2. The van der Waals surface area contributed by atoms with Gasteiger partial charge >= 0.3 is 5.97 Å². The number of aliphatic carboxylic acids is 1. The molecule has 1 aromatic heterocycles. The summed E-state index contributed by atoms with van der Waals surface area (Å²) in [5, 5.41) is 18.4. The highest BCUT2D eigenvalue weighted by Crippen LogP contribution is 2.33. The van der Waals surface area contributed by atoms with Crippen molar-refractivity contribution in [1.29, 1.82) is 5.26 Å². The largest absolute Gasteiger partial charge is 0.487 e. The van der Waals surface area contributed by atoms with E-state index in [1.54, 1.807) is 30.3 Å². The minimum Gasteiger partial charge on any atom is -0.487 e. The summed E-state index contributed by atoms with van der Waals surface area (Å²) < 4.78 is 11.0. The Morgan fingerprint density at radius 1 is 1.27 bits per heavy atom. The number of nitriles is 1. The van der Waals surface area contributed by atoms with Gasteiger partial charge in [0.25, 0.3) is 0 Å². The molecule has 2 aromatic rings. The van der Waals surface area contributed by atoms with Crippen molar-refractivity contribution in [2.75, 3.05) is 13.2 Å². The van der Waals surface area contributed by atoms with Gasteiger partial charge in [-0.2, -0.15) is 5.26 Å². The fraction of sp³-hybridized carbons (Fsp3) is 0.167. The van der Waals surface area contributed by atoms with Crippen LogP contribution in [0.5, 0.6) is 11.6 Å². The first-order valence-corrected chi connectivity index (χ1v) is 8.18. The molecule has 0 saturated heterocycles. The highest BCUT2D eigenvalue weighted by atomic mass is 35.5. The molecule has 0 aliphatic rings. The van der Waals surface area contributed by atoms with Crippen LogP contribution in [0.15, 0.2) is 36.0 Å². The molecule has 0 aliphatic heterocycles. The van der Waals surface area contributed by atoms with Crippen LogP contribution in [0.2, 0.25) is 10.0 Å². The number of hydrogen-bond donors (Lipinski definition) is 1. The zero-order valence-corrected chi connectivity index (χ0v) is 15.2. The molecular weight excluding hydrogens is 379 g/mol. The molecule has 0 radical (unpaired) electrons. The SMILES string of the molecule is Cc1cc(Cl)c(OCCOc2ccc(/C=C(\C#N)C(=O)O)cn2)c(Cl)c1. The van der Waals surface area contributed by atoms with Gasteiger partial charge in [0.15, 0.2) is 5.75 Å². The third-order valence-corrected chi connectivity index (χ3v) is 3.70. The Morgan fingerprint density at radius 2 is 1.92 bits per heavy atom. The first kappa shape index (κ1) is 19.6. The molecular formula is C18H14Cl2N2O4. The topological polar surface area (TPSA) is 92.4 Å². The predicted molar refractivity (Wildman–Crippen MR) is 97.7 cm³/mol. The number of pyridine rings is 1. The molecule has 0 fully saturated rings. The van der Waals surface area contributed by atoms with Gasteiger partial charge in [0.1, 0.15) is 24.9 Å². The molecule has 2 rings (SSSR count). The lowest BCUT2D eigenvalue weighted by molar-refractivity contribution is -0.132. The molecule has 0 aliphatic carbocycles. The minimum absolute atomic E-state index is 0.210. The number of carboxylic acid groups (broad SMARTS) is 1. The first-order chi connectivity index (χ1) is 12.4. The number of hydrogen-bond acceptors (Lipinski definition) is 5. The van der Waals surface area contributed by atoms with Crippen LogP contribution in [-0.4, -0.2) is 29.3 Å². The van der Waals surface area contributed by atoms with Gasteiger partial charge in [0, 0.05) is 12.3 Å². The molecule has 1 heterocycles. The number of carbonyl (C=O) groups is 1. The van der Waals surface area contributed by atoms with Crippen LogP contribution < -0.4 is 9.47 Å². The Morgan fingerprint density at radius 3 is 2.46 bits per heavy atom. The van der Waals surface area contributed by atoms with E-state index in [0.717, 1.165) is 5.56 Å². The van der Waals surface area contributed by atoms with Gasteiger partial charge in [-0.15, -0.1) is 0 Å². The molecule has 0 saturated carbocycles. The molecule has 0 amide bonds. The predicted octanol–water partition coefficient (Wildman–Crippen LogP) is 4.15. The molecule has 1 aromatic carbocycles. The second-order valence-electron chi connectivity index (χ2n) is 5.16. The summed E-state index contributed by atoms with van der Waals surface area (Å²) in [5.74, 6) is -0.562. The number of carboxylic acids is 1. The Hall–Kier alpha value is -2.75. The van der Waals surface area contributed by atoms with Gasteiger partial charge in [0.2, 0.25) is 5.88 Å². The van der Waals surface area contributed by atoms with E-state index in [2.05, 4.69) is 4.98 Å². The number of rotatable bonds is 7. The summed E-state index contributed by atoms with van der Waals surface area (Å²) in [5.41, 5.74) is 1.04. The number of aryl methyl sites for hydroxylation is 1. The van der Waals surface area contributed by atoms with E-state index in [4.69, 9.17) is 43.0 Å². The van der Waals surface area contributed by atoms with Crippen molar-refractivity contribution < 1.29 is 19.4 Å². The summed E-state index contributed by atoms with van der Waals surface area (Å²) in [4.78, 5) is 14.8. The third kappa shape index (κ3) is 5.38. The molecule has 0 bridgehead atoms. The second kappa shape index (κ2) is 9.09. The second-order valence-corrected chi connectivity index (χ2v) is 5.97. The fourth-order valence-electron chi connectivity index (χ4n) is 1.99. The van der Waals surface area contributed by atoms with Crippen molar-refractivity contribution in [2.45, 2.75) is 6.92 Å². The van der Waals surface area contributed by atoms with Crippen molar-refractivity contribution in [1.82, 2.24) is 4.98 Å². The summed E-state index contributed by atoms with van der Waals surface area (Å²) in [7, 11) is 0. The van der Waals surface area contributed by atoms with Gasteiger partial charge < -0.3 is 14.6 Å². The lowest BCUT2D eigenvalue weighted by atomic mass is 10.2. The maximum atomic E-state index is 10.8. The van der Waals surface area contributed by atoms with Gasteiger partial charge in [-0.3, -0.25) is 0 Å². The number of aromatic nitrogens is 1. The van der Waals surface area contributed by atoms with E-state index >= 15 is 0 Å². The molecule has 26 heavy (non-hydrogen) atoms. The lowest BCUT2D eigenvalue weighted by Gasteiger charge is -2.11. The van der Waals surface area contributed by atoms with Crippen molar-refractivity contribution in [2.24, 2.45) is 0 Å². The molecule has 8 heteroatoms. The van der Waals surface area contributed by atoms with Crippen molar-refractivity contribution in [3.8, 4) is 17.7 Å². The molecule has 1 N–H and O–H groups in total. The summed E-state index contributed by atoms with van der Waals surface area (Å²) >= 11 is 12.2. The van der Waals surface area contributed by atoms with Gasteiger partial charge in [-0.05, 0) is 42.3 Å². The van der Waals surface area contributed by atoms with Crippen LogP contribution in [0, 0.1) is 18.3 Å². The highest BCUT2D eigenvalue weighted by Gasteiger charge is 2.09. The van der Waals surface area contributed by atoms with E-state index in [9.17, 15) is 4.79 Å². The Labute approximate surface area is 160 Å². The average molecular weight is 393 g/mol. The van der Waals surface area contributed by atoms with E-state index < -0.39 is 5.97 Å². The maximum Gasteiger partial charge on any atom is 0.346 e. The number of halogens is 2. The minimum atomic E-state index is -1.29. The maximum absolute atomic E-state index is 10.8. The normalized spacial score (nSPS) is 10.9. The molecule has 134 valence electrons. The Kier molecular flexibility index (Phi) is 6.84. The molecule has 0 atom stereocenters. The average Bonchev–Trinajstić information content (AvgIpc) is 2.59. The van der Waals surface area contributed by atoms with E-state index in [1.165, 1.54) is 12.3 Å². The fourth-order valence-corrected chi connectivity index (χ4v) is 2.69. The zero-order valence-electron chi connectivity index (χ0n) is 13.7.